The highest BCUT2D eigenvalue weighted by molar-refractivity contribution is 5.57. The van der Waals surface area contributed by atoms with E-state index in [1.54, 1.807) is 0 Å². The molecule has 0 aromatic carbocycles. The zero-order valence-electron chi connectivity index (χ0n) is 14.4. The van der Waals surface area contributed by atoms with Gasteiger partial charge in [0.15, 0.2) is 0 Å². The third kappa shape index (κ3) is 5.90. The van der Waals surface area contributed by atoms with Crippen LogP contribution in [-0.2, 0) is 6.42 Å². The molecule has 0 aliphatic rings. The molecule has 0 aliphatic heterocycles. The Hall–Kier alpha value is -1.32. The van der Waals surface area contributed by atoms with Gasteiger partial charge in [0.2, 0.25) is 0 Å². The van der Waals surface area contributed by atoms with Crippen LogP contribution in [0, 0.1) is 6.92 Å². The van der Waals surface area contributed by atoms with E-state index < -0.39 is 0 Å². The molecule has 0 radical (unpaired) electrons. The minimum Gasteiger partial charge on any atom is -0.373 e. The van der Waals surface area contributed by atoms with Crippen molar-refractivity contribution in [3.05, 3.63) is 11.4 Å². The number of aryl methyl sites for hydroxylation is 1. The van der Waals surface area contributed by atoms with Crippen LogP contribution in [-0.4, -0.2) is 23.1 Å². The minimum absolute atomic E-state index is 0.453. The lowest BCUT2D eigenvalue weighted by atomic mass is 10.1. The van der Waals surface area contributed by atoms with E-state index in [1.165, 1.54) is 32.1 Å². The van der Waals surface area contributed by atoms with Crippen molar-refractivity contribution in [1.29, 1.82) is 0 Å². The van der Waals surface area contributed by atoms with E-state index in [4.69, 9.17) is 4.98 Å². The molecule has 0 saturated carbocycles. The molecule has 4 heteroatoms. The van der Waals surface area contributed by atoms with Gasteiger partial charge >= 0.3 is 0 Å². The maximum absolute atomic E-state index is 4.69. The highest BCUT2D eigenvalue weighted by Gasteiger charge is 2.11. The van der Waals surface area contributed by atoms with Gasteiger partial charge in [0.1, 0.15) is 17.5 Å². The summed E-state index contributed by atoms with van der Waals surface area (Å²) in [6.45, 7) is 8.73. The number of nitrogens with zero attached hydrogens (tertiary/aromatic N) is 2. The van der Waals surface area contributed by atoms with E-state index in [0.29, 0.717) is 6.04 Å². The van der Waals surface area contributed by atoms with Crippen molar-refractivity contribution in [3.63, 3.8) is 0 Å². The zero-order valence-corrected chi connectivity index (χ0v) is 14.4. The fraction of sp³-hybridized carbons (Fsp3) is 0.765. The lowest BCUT2D eigenvalue weighted by Gasteiger charge is -2.18. The molecule has 0 bridgehead atoms. The Bertz CT molecular complexity index is 417. The monoisotopic (exact) mass is 292 g/mol. The summed E-state index contributed by atoms with van der Waals surface area (Å²) in [6.07, 6.45) is 8.43. The predicted octanol–water partition coefficient (Wildman–Crippen LogP) is 4.55. The largest absolute Gasteiger partial charge is 0.373 e. The molecular formula is C17H32N4. The molecule has 21 heavy (non-hydrogen) atoms. The van der Waals surface area contributed by atoms with Gasteiger partial charge in [-0.05, 0) is 26.7 Å². The van der Waals surface area contributed by atoms with Gasteiger partial charge < -0.3 is 10.6 Å². The van der Waals surface area contributed by atoms with Gasteiger partial charge in [0, 0.05) is 25.1 Å². The summed E-state index contributed by atoms with van der Waals surface area (Å²) in [7, 11) is 1.92. The van der Waals surface area contributed by atoms with E-state index in [2.05, 4.69) is 43.3 Å². The van der Waals surface area contributed by atoms with E-state index in [-0.39, 0.29) is 0 Å². The highest BCUT2D eigenvalue weighted by atomic mass is 15.1. The maximum Gasteiger partial charge on any atom is 0.134 e. The van der Waals surface area contributed by atoms with Crippen molar-refractivity contribution in [2.24, 2.45) is 0 Å². The molecule has 1 atom stereocenters. The van der Waals surface area contributed by atoms with Crippen LogP contribution in [0.5, 0.6) is 0 Å². The number of hydrogen-bond acceptors (Lipinski definition) is 4. The average Bonchev–Trinajstić information content (AvgIpc) is 2.47. The fourth-order valence-corrected chi connectivity index (χ4v) is 2.47. The summed E-state index contributed by atoms with van der Waals surface area (Å²) < 4.78 is 0. The van der Waals surface area contributed by atoms with Crippen LogP contribution in [0.1, 0.15) is 70.7 Å². The van der Waals surface area contributed by atoms with E-state index in [1.807, 2.05) is 7.05 Å². The van der Waals surface area contributed by atoms with Gasteiger partial charge in [0.05, 0.1) is 0 Å². The first-order valence-electron chi connectivity index (χ1n) is 8.44. The fourth-order valence-electron chi connectivity index (χ4n) is 2.47. The third-order valence-electron chi connectivity index (χ3n) is 3.78. The minimum atomic E-state index is 0.453. The van der Waals surface area contributed by atoms with E-state index in [0.717, 1.165) is 35.9 Å². The Labute approximate surface area is 130 Å². The normalized spacial score (nSPS) is 12.2. The molecule has 0 fully saturated rings. The van der Waals surface area contributed by atoms with Crippen LogP contribution < -0.4 is 10.6 Å². The molecule has 0 saturated heterocycles. The first-order valence-corrected chi connectivity index (χ1v) is 8.44. The Morgan fingerprint density at radius 1 is 1.00 bits per heavy atom. The average molecular weight is 292 g/mol. The smallest absolute Gasteiger partial charge is 0.134 e. The number of nitrogens with one attached hydrogen (secondary N) is 2. The van der Waals surface area contributed by atoms with Crippen molar-refractivity contribution < 1.29 is 0 Å². The number of unbranched alkanes of at least 4 members (excludes halogenated alkanes) is 3. The number of anilines is 2. The first-order chi connectivity index (χ1) is 10.1. The second-order valence-electron chi connectivity index (χ2n) is 5.86. The van der Waals surface area contributed by atoms with Crippen LogP contribution in [0.2, 0.25) is 0 Å². The summed E-state index contributed by atoms with van der Waals surface area (Å²) >= 11 is 0. The quantitative estimate of drug-likeness (QED) is 0.621. The van der Waals surface area contributed by atoms with E-state index in [9.17, 15) is 0 Å². The molecule has 1 aromatic heterocycles. The maximum atomic E-state index is 4.69. The standard InChI is InChI=1S/C17H32N4/c1-6-8-9-10-12-13(3)19-17-14(4)16(18-5)20-15(21-17)11-7-2/h13H,6-12H2,1-5H3,(H2,18,19,20,21). The van der Waals surface area contributed by atoms with Crippen LogP contribution in [0.15, 0.2) is 0 Å². The summed E-state index contributed by atoms with van der Waals surface area (Å²) in [6, 6.07) is 0.453. The summed E-state index contributed by atoms with van der Waals surface area (Å²) in [5, 5.41) is 6.75. The summed E-state index contributed by atoms with van der Waals surface area (Å²) in [5.74, 6) is 2.85. The molecule has 1 rings (SSSR count). The third-order valence-corrected chi connectivity index (χ3v) is 3.78. The second-order valence-corrected chi connectivity index (χ2v) is 5.86. The van der Waals surface area contributed by atoms with Gasteiger partial charge in [-0.15, -0.1) is 0 Å². The van der Waals surface area contributed by atoms with Crippen molar-refractivity contribution in [1.82, 2.24) is 9.97 Å². The van der Waals surface area contributed by atoms with Crippen LogP contribution in [0.25, 0.3) is 0 Å². The Morgan fingerprint density at radius 3 is 2.33 bits per heavy atom. The Morgan fingerprint density at radius 2 is 1.71 bits per heavy atom. The van der Waals surface area contributed by atoms with Gasteiger partial charge in [-0.2, -0.15) is 0 Å². The van der Waals surface area contributed by atoms with Gasteiger partial charge in [-0.1, -0.05) is 39.5 Å². The molecular weight excluding hydrogens is 260 g/mol. The molecule has 1 aromatic rings. The Balaban J connectivity index is 2.69. The number of rotatable bonds is 10. The van der Waals surface area contributed by atoms with Gasteiger partial charge in [0.25, 0.3) is 0 Å². The second kappa shape index (κ2) is 9.59. The van der Waals surface area contributed by atoms with Crippen LogP contribution in [0.4, 0.5) is 11.6 Å². The van der Waals surface area contributed by atoms with Crippen molar-refractivity contribution in [2.45, 2.75) is 78.7 Å². The predicted molar refractivity (Wildman–Crippen MR) is 92.2 cm³/mol. The lowest BCUT2D eigenvalue weighted by molar-refractivity contribution is 0.592. The van der Waals surface area contributed by atoms with Crippen LogP contribution in [0.3, 0.4) is 0 Å². The molecule has 1 heterocycles. The topological polar surface area (TPSA) is 49.8 Å². The zero-order chi connectivity index (χ0) is 15.7. The lowest BCUT2D eigenvalue weighted by Crippen LogP contribution is -2.18. The molecule has 4 nitrogen and oxygen atoms in total. The number of hydrogen-bond donors (Lipinski definition) is 2. The highest BCUT2D eigenvalue weighted by Crippen LogP contribution is 2.21. The molecule has 120 valence electrons. The summed E-state index contributed by atoms with van der Waals surface area (Å²) in [4.78, 5) is 9.27. The molecule has 1 unspecified atom stereocenters. The molecule has 0 spiro atoms. The van der Waals surface area contributed by atoms with Crippen molar-refractivity contribution in [3.8, 4) is 0 Å². The van der Waals surface area contributed by atoms with Crippen molar-refractivity contribution >= 4 is 11.6 Å². The van der Waals surface area contributed by atoms with Gasteiger partial charge in [-0.25, -0.2) is 9.97 Å². The molecule has 2 N–H and O–H groups in total. The molecule has 0 amide bonds. The number of aromatic nitrogens is 2. The van der Waals surface area contributed by atoms with Crippen LogP contribution >= 0.6 is 0 Å². The molecule has 0 aliphatic carbocycles. The van der Waals surface area contributed by atoms with Gasteiger partial charge in [-0.3, -0.25) is 0 Å². The van der Waals surface area contributed by atoms with Crippen molar-refractivity contribution in [2.75, 3.05) is 17.7 Å². The first kappa shape index (κ1) is 17.7. The SMILES string of the molecule is CCCCCCC(C)Nc1nc(CCC)nc(NC)c1C. The summed E-state index contributed by atoms with van der Waals surface area (Å²) in [5.41, 5.74) is 1.11. The van der Waals surface area contributed by atoms with E-state index >= 15 is 0 Å². The Kier molecular flexibility index (Phi) is 8.09.